The van der Waals surface area contributed by atoms with Crippen molar-refractivity contribution in [3.05, 3.63) is 46.5 Å². The van der Waals surface area contributed by atoms with Gasteiger partial charge in [0, 0.05) is 18.3 Å². The fourth-order valence-corrected chi connectivity index (χ4v) is 5.09. The molecule has 0 aliphatic heterocycles. The van der Waals surface area contributed by atoms with Gasteiger partial charge in [-0.15, -0.1) is 0 Å². The van der Waals surface area contributed by atoms with Crippen molar-refractivity contribution in [2.45, 2.75) is 70.7 Å². The van der Waals surface area contributed by atoms with E-state index in [0.29, 0.717) is 12.8 Å². The van der Waals surface area contributed by atoms with E-state index in [-0.39, 0.29) is 29.9 Å². The molecule has 0 bridgehead atoms. The molecule has 184 valence electrons. The van der Waals surface area contributed by atoms with E-state index in [0.717, 1.165) is 25.1 Å². The molecular weight excluding hydrogens is 454 g/mol. The number of ketones is 1. The maximum absolute atomic E-state index is 15.1. The number of hydrogen-bond donors (Lipinski definition) is 3. The Bertz CT molecular complexity index is 1150. The number of nitrogens with zero attached hydrogens (tertiary/aromatic N) is 1. The number of benzene rings is 1. The molecule has 0 spiro atoms. The fourth-order valence-electron chi connectivity index (χ4n) is 5.09. The lowest BCUT2D eigenvalue weighted by Gasteiger charge is -2.31. The van der Waals surface area contributed by atoms with Crippen LogP contribution in [-0.2, 0) is 12.6 Å². The zero-order valence-electron chi connectivity index (χ0n) is 18.9. The third-order valence-corrected chi connectivity index (χ3v) is 6.65. The number of aliphatic hydroxyl groups excluding tert-OH is 1. The van der Waals surface area contributed by atoms with E-state index in [2.05, 4.69) is 5.32 Å². The highest BCUT2D eigenvalue weighted by Crippen LogP contribution is 2.43. The van der Waals surface area contributed by atoms with Crippen molar-refractivity contribution in [2.24, 2.45) is 11.1 Å². The van der Waals surface area contributed by atoms with E-state index in [1.165, 1.54) is 10.6 Å². The summed E-state index contributed by atoms with van der Waals surface area (Å²) in [7, 11) is 0. The number of primary amides is 1. The van der Waals surface area contributed by atoms with Gasteiger partial charge in [-0.25, -0.2) is 4.39 Å². The molecule has 2 unspecified atom stereocenters. The average Bonchev–Trinajstić information content (AvgIpc) is 3.08. The van der Waals surface area contributed by atoms with E-state index in [1.807, 2.05) is 0 Å². The zero-order valence-corrected chi connectivity index (χ0v) is 18.9. The van der Waals surface area contributed by atoms with Crippen LogP contribution in [0.15, 0.2) is 18.3 Å². The van der Waals surface area contributed by atoms with Crippen LogP contribution < -0.4 is 11.1 Å². The summed E-state index contributed by atoms with van der Waals surface area (Å²) in [4.78, 5) is 24.7. The molecule has 0 saturated heterocycles. The van der Waals surface area contributed by atoms with E-state index in [4.69, 9.17) is 5.73 Å². The highest BCUT2D eigenvalue weighted by atomic mass is 19.4. The summed E-state index contributed by atoms with van der Waals surface area (Å²) in [5.41, 5.74) is 3.06. The Morgan fingerprint density at radius 3 is 2.50 bits per heavy atom. The second-order valence-electron chi connectivity index (χ2n) is 9.99. The smallest absolute Gasteiger partial charge is 0.391 e. The molecule has 1 heterocycles. The van der Waals surface area contributed by atoms with Gasteiger partial charge in [0.25, 0.3) is 5.91 Å². The summed E-state index contributed by atoms with van der Waals surface area (Å²) < 4.78 is 57.7. The summed E-state index contributed by atoms with van der Waals surface area (Å²) in [6, 6.07) is 1.82. The molecule has 1 fully saturated rings. The van der Waals surface area contributed by atoms with Crippen LogP contribution in [0.3, 0.4) is 0 Å². The number of aliphatic hydroxyl groups is 1. The molecule has 1 aromatic carbocycles. The van der Waals surface area contributed by atoms with Gasteiger partial charge < -0.3 is 20.7 Å². The van der Waals surface area contributed by atoms with Crippen molar-refractivity contribution < 1.29 is 32.3 Å². The number of Topliss-reactive ketones (excluding diaryl/α,β-unsaturated/α-hetero) is 1. The number of hydrogen-bond acceptors (Lipinski definition) is 4. The number of rotatable bonds is 4. The predicted octanol–water partition coefficient (Wildman–Crippen LogP) is 4.60. The summed E-state index contributed by atoms with van der Waals surface area (Å²) in [5, 5.41) is 13.3. The number of alkyl halides is 3. The number of nitrogens with two attached hydrogens (primary N) is 1. The Morgan fingerprint density at radius 1 is 1.21 bits per heavy atom. The summed E-state index contributed by atoms with van der Waals surface area (Å²) in [5.74, 6) is -2.66. The summed E-state index contributed by atoms with van der Waals surface area (Å²) >= 11 is 0. The molecule has 10 heteroatoms. The number of aromatic nitrogens is 1. The van der Waals surface area contributed by atoms with Crippen LogP contribution in [0.5, 0.6) is 0 Å². The molecule has 2 aliphatic rings. The number of halogens is 4. The molecule has 4 rings (SSSR count). The molecule has 2 aromatic rings. The van der Waals surface area contributed by atoms with Crippen molar-refractivity contribution in [3.63, 3.8) is 0 Å². The third kappa shape index (κ3) is 4.43. The number of carbonyl (C=O) groups is 2. The number of nitrogens with one attached hydrogen (secondary N) is 1. The zero-order chi connectivity index (χ0) is 25.0. The quantitative estimate of drug-likeness (QED) is 0.556. The molecule has 0 radical (unpaired) electrons. The Balaban J connectivity index is 1.89. The lowest BCUT2D eigenvalue weighted by atomic mass is 9.75. The van der Waals surface area contributed by atoms with Gasteiger partial charge in [0.1, 0.15) is 5.82 Å². The summed E-state index contributed by atoms with van der Waals surface area (Å²) in [6.45, 7) is 3.57. The Kier molecular flexibility index (Phi) is 6.00. The second kappa shape index (κ2) is 8.41. The molecule has 1 saturated carbocycles. The maximum Gasteiger partial charge on any atom is 0.418 e. The van der Waals surface area contributed by atoms with Gasteiger partial charge in [0.2, 0.25) is 0 Å². The van der Waals surface area contributed by atoms with Gasteiger partial charge in [0.05, 0.1) is 40.2 Å². The van der Waals surface area contributed by atoms with E-state index in [1.54, 1.807) is 13.8 Å². The first-order chi connectivity index (χ1) is 15.8. The SMILES string of the molecule is CC1(C)CC(=O)c2c(C(F)(F)F)cn(-c3cc(F)c(C(N)=O)c(NC4CCCCC4O)c3)c2C1. The van der Waals surface area contributed by atoms with Gasteiger partial charge >= 0.3 is 6.18 Å². The highest BCUT2D eigenvalue weighted by molar-refractivity contribution is 6.01. The second-order valence-corrected chi connectivity index (χ2v) is 9.99. The van der Waals surface area contributed by atoms with Gasteiger partial charge in [-0.3, -0.25) is 9.59 Å². The van der Waals surface area contributed by atoms with Gasteiger partial charge in [-0.2, -0.15) is 13.2 Å². The Hall–Kier alpha value is -2.88. The molecule has 34 heavy (non-hydrogen) atoms. The topological polar surface area (TPSA) is 97.4 Å². The highest BCUT2D eigenvalue weighted by Gasteiger charge is 2.43. The van der Waals surface area contributed by atoms with Crippen LogP contribution >= 0.6 is 0 Å². The summed E-state index contributed by atoms with van der Waals surface area (Å²) in [6.07, 6.45) is -1.80. The molecular formula is C24H27F4N3O3. The molecule has 1 amide bonds. The van der Waals surface area contributed by atoms with E-state index >= 15 is 4.39 Å². The largest absolute Gasteiger partial charge is 0.418 e. The molecule has 1 aromatic heterocycles. The number of carbonyl (C=O) groups excluding carboxylic acids is 2. The Labute approximate surface area is 194 Å². The fraction of sp³-hybridized carbons (Fsp3) is 0.500. The van der Waals surface area contributed by atoms with Crippen LogP contribution in [0.2, 0.25) is 0 Å². The van der Waals surface area contributed by atoms with Crippen molar-refractivity contribution in [1.29, 1.82) is 0 Å². The first-order valence-corrected chi connectivity index (χ1v) is 11.2. The third-order valence-electron chi connectivity index (χ3n) is 6.65. The number of amides is 1. The number of fused-ring (bicyclic) bond motifs is 1. The van der Waals surface area contributed by atoms with Crippen molar-refractivity contribution in [2.75, 3.05) is 5.32 Å². The van der Waals surface area contributed by atoms with Crippen LogP contribution in [0.25, 0.3) is 5.69 Å². The van der Waals surface area contributed by atoms with Crippen molar-refractivity contribution >= 4 is 17.4 Å². The first kappa shape index (κ1) is 24.3. The molecule has 4 N–H and O–H groups in total. The van der Waals surface area contributed by atoms with Crippen LogP contribution in [0, 0.1) is 11.2 Å². The van der Waals surface area contributed by atoms with Crippen LogP contribution in [0.4, 0.5) is 23.2 Å². The Morgan fingerprint density at radius 2 is 1.88 bits per heavy atom. The van der Waals surface area contributed by atoms with Crippen molar-refractivity contribution in [1.82, 2.24) is 4.57 Å². The standard InChI is InChI=1S/C24H27F4N3O3/c1-23(2)9-17-20(19(33)10-23)13(24(26,27)28)11-31(17)12-7-14(25)21(22(29)34)16(8-12)30-15-5-3-4-6-18(15)32/h7-8,11,15,18,30,32H,3-6,9-10H2,1-2H3,(H2,29,34). The lowest BCUT2D eigenvalue weighted by Crippen LogP contribution is -2.37. The first-order valence-electron chi connectivity index (χ1n) is 11.2. The lowest BCUT2D eigenvalue weighted by molar-refractivity contribution is -0.137. The normalized spacial score (nSPS) is 22.4. The van der Waals surface area contributed by atoms with E-state index in [9.17, 15) is 27.9 Å². The molecule has 2 aliphatic carbocycles. The van der Waals surface area contributed by atoms with Gasteiger partial charge in [0.15, 0.2) is 5.78 Å². The van der Waals surface area contributed by atoms with E-state index < -0.39 is 57.9 Å². The number of anilines is 1. The predicted molar refractivity (Wildman–Crippen MR) is 118 cm³/mol. The maximum atomic E-state index is 15.1. The molecule has 2 atom stereocenters. The minimum atomic E-state index is -4.77. The van der Waals surface area contributed by atoms with Crippen LogP contribution in [-0.4, -0.2) is 33.5 Å². The minimum Gasteiger partial charge on any atom is -0.391 e. The van der Waals surface area contributed by atoms with Crippen molar-refractivity contribution in [3.8, 4) is 5.69 Å². The van der Waals surface area contributed by atoms with Crippen LogP contribution in [0.1, 0.15) is 77.9 Å². The molecule has 6 nitrogen and oxygen atoms in total. The minimum absolute atomic E-state index is 0.00847. The average molecular weight is 481 g/mol. The van der Waals surface area contributed by atoms with Gasteiger partial charge in [-0.1, -0.05) is 26.7 Å². The van der Waals surface area contributed by atoms with Gasteiger partial charge in [-0.05, 0) is 36.8 Å². The monoisotopic (exact) mass is 481 g/mol.